The summed E-state index contributed by atoms with van der Waals surface area (Å²) in [6.45, 7) is 1.80. The molecule has 13 heteroatoms. The van der Waals surface area contributed by atoms with Crippen LogP contribution in [0.2, 0.25) is 0 Å². The zero-order valence-electron chi connectivity index (χ0n) is 20.1. The SMILES string of the molecule is Cc1ccc(C2=C(c3nn[nH]n3)C(=O)NC(c3ccc(OCCCCC(F)(F)F)cc3)(C(F)(F)F)C2)cc1. The molecule has 0 fully saturated rings. The minimum atomic E-state index is -4.90. The molecule has 4 rings (SSSR count). The highest BCUT2D eigenvalue weighted by molar-refractivity contribution is 6.27. The maximum atomic E-state index is 14.8. The second-order valence-electron chi connectivity index (χ2n) is 8.93. The van der Waals surface area contributed by atoms with Gasteiger partial charge in [0.15, 0.2) is 5.54 Å². The number of aromatic nitrogens is 4. The third-order valence-corrected chi connectivity index (χ3v) is 6.22. The van der Waals surface area contributed by atoms with Crippen LogP contribution in [0, 0.1) is 6.92 Å². The molecule has 0 aliphatic carbocycles. The van der Waals surface area contributed by atoms with Crippen molar-refractivity contribution in [3.63, 3.8) is 0 Å². The number of rotatable bonds is 8. The van der Waals surface area contributed by atoms with Crippen molar-refractivity contribution in [2.45, 2.75) is 50.5 Å². The second kappa shape index (κ2) is 10.5. The first kappa shape index (κ1) is 27.1. The number of H-pyrrole nitrogens is 1. The Kier molecular flexibility index (Phi) is 7.47. The van der Waals surface area contributed by atoms with Gasteiger partial charge in [-0.2, -0.15) is 31.6 Å². The number of alkyl halides is 6. The van der Waals surface area contributed by atoms with Crippen LogP contribution < -0.4 is 10.1 Å². The van der Waals surface area contributed by atoms with E-state index in [-0.39, 0.29) is 47.7 Å². The Hall–Kier alpha value is -3.90. The summed E-state index contributed by atoms with van der Waals surface area (Å²) in [5.41, 5.74) is -1.76. The monoisotopic (exact) mass is 539 g/mol. The van der Waals surface area contributed by atoms with Crippen molar-refractivity contribution in [3.05, 3.63) is 71.0 Å². The highest BCUT2D eigenvalue weighted by atomic mass is 19.4. The smallest absolute Gasteiger partial charge is 0.416 e. The molecule has 1 aromatic heterocycles. The first-order valence-corrected chi connectivity index (χ1v) is 11.6. The van der Waals surface area contributed by atoms with Crippen molar-refractivity contribution in [3.8, 4) is 5.75 Å². The number of hydrogen-bond acceptors (Lipinski definition) is 5. The van der Waals surface area contributed by atoms with E-state index in [1.165, 1.54) is 24.3 Å². The van der Waals surface area contributed by atoms with Gasteiger partial charge in [-0.05, 0) is 53.8 Å². The molecule has 0 bridgehead atoms. The van der Waals surface area contributed by atoms with Gasteiger partial charge in [0.25, 0.3) is 5.91 Å². The number of hydrogen-bond donors (Lipinski definition) is 2. The molecule has 7 nitrogen and oxygen atoms in total. The van der Waals surface area contributed by atoms with Crippen LogP contribution in [-0.4, -0.2) is 45.5 Å². The summed E-state index contributed by atoms with van der Waals surface area (Å²) >= 11 is 0. The van der Waals surface area contributed by atoms with Gasteiger partial charge >= 0.3 is 12.4 Å². The molecule has 202 valence electrons. The molecule has 0 spiro atoms. The number of ether oxygens (including phenoxy) is 1. The standard InChI is InChI=1S/C25H23F6N5O2/c1-15-4-6-16(7-5-15)19-14-23(25(29,30)31,32-22(37)20(19)21-33-35-36-34-21)17-8-10-18(11-9-17)38-13-3-2-12-24(26,27)28/h4-11H,2-3,12-14H2,1H3,(H,32,37)(H,33,34,35,36). The van der Waals surface area contributed by atoms with E-state index < -0.39 is 36.6 Å². The van der Waals surface area contributed by atoms with Crippen LogP contribution >= 0.6 is 0 Å². The summed E-state index contributed by atoms with van der Waals surface area (Å²) in [4.78, 5) is 13.2. The van der Waals surface area contributed by atoms with E-state index >= 15 is 0 Å². The van der Waals surface area contributed by atoms with Crippen molar-refractivity contribution < 1.29 is 35.9 Å². The zero-order chi connectivity index (χ0) is 27.6. The lowest BCUT2D eigenvalue weighted by atomic mass is 9.76. The summed E-state index contributed by atoms with van der Waals surface area (Å²) in [5, 5.41) is 15.4. The molecule has 0 saturated heterocycles. The van der Waals surface area contributed by atoms with Crippen molar-refractivity contribution in [2.75, 3.05) is 6.61 Å². The van der Waals surface area contributed by atoms with E-state index in [0.29, 0.717) is 5.56 Å². The fraction of sp³-hybridized carbons (Fsp3) is 0.360. The van der Waals surface area contributed by atoms with Crippen LogP contribution in [-0.2, 0) is 10.3 Å². The van der Waals surface area contributed by atoms with E-state index in [9.17, 15) is 31.1 Å². The number of nitrogens with zero attached hydrogens (tertiary/aromatic N) is 3. The Morgan fingerprint density at radius 3 is 2.24 bits per heavy atom. The predicted molar refractivity (Wildman–Crippen MR) is 125 cm³/mol. The lowest BCUT2D eigenvalue weighted by Crippen LogP contribution is -2.58. The third kappa shape index (κ3) is 5.81. The number of tetrazole rings is 1. The lowest BCUT2D eigenvalue weighted by Gasteiger charge is -2.41. The lowest BCUT2D eigenvalue weighted by molar-refractivity contribution is -0.201. The summed E-state index contributed by atoms with van der Waals surface area (Å²) in [6, 6.07) is 11.7. The number of aromatic amines is 1. The van der Waals surface area contributed by atoms with E-state index in [4.69, 9.17) is 4.74 Å². The van der Waals surface area contributed by atoms with Crippen molar-refractivity contribution in [1.82, 2.24) is 25.9 Å². The van der Waals surface area contributed by atoms with Crippen LogP contribution in [0.25, 0.3) is 11.1 Å². The number of carbonyl (C=O) groups is 1. The van der Waals surface area contributed by atoms with Gasteiger partial charge in [0.2, 0.25) is 5.82 Å². The predicted octanol–water partition coefficient (Wildman–Crippen LogP) is 5.51. The number of halogens is 6. The average Bonchev–Trinajstić information content (AvgIpc) is 3.37. The summed E-state index contributed by atoms with van der Waals surface area (Å²) in [6.07, 6.45) is -10.7. The van der Waals surface area contributed by atoms with Crippen molar-refractivity contribution >= 4 is 17.1 Å². The largest absolute Gasteiger partial charge is 0.494 e. The molecule has 38 heavy (non-hydrogen) atoms. The highest BCUT2D eigenvalue weighted by Gasteiger charge is 2.59. The Bertz CT molecular complexity index is 1290. The molecule has 2 heterocycles. The van der Waals surface area contributed by atoms with Gasteiger partial charge in [0, 0.05) is 12.8 Å². The number of amides is 1. The van der Waals surface area contributed by atoms with Crippen LogP contribution in [0.4, 0.5) is 26.3 Å². The number of aryl methyl sites for hydroxylation is 1. The quantitative estimate of drug-likeness (QED) is 0.291. The Morgan fingerprint density at radius 1 is 0.974 bits per heavy atom. The second-order valence-corrected chi connectivity index (χ2v) is 8.93. The summed E-state index contributed by atoms with van der Waals surface area (Å²) in [5.74, 6) is -0.958. The Balaban J connectivity index is 1.66. The van der Waals surface area contributed by atoms with Gasteiger partial charge in [-0.1, -0.05) is 42.0 Å². The van der Waals surface area contributed by atoms with Gasteiger partial charge in [0.1, 0.15) is 5.75 Å². The molecular weight excluding hydrogens is 516 g/mol. The Labute approximate surface area is 213 Å². The molecule has 2 N–H and O–H groups in total. The first-order valence-electron chi connectivity index (χ1n) is 11.6. The molecule has 3 aromatic rings. The van der Waals surface area contributed by atoms with Crippen LogP contribution in [0.1, 0.15) is 48.2 Å². The van der Waals surface area contributed by atoms with Crippen molar-refractivity contribution in [1.29, 1.82) is 0 Å². The first-order chi connectivity index (χ1) is 17.9. The number of benzene rings is 2. The molecule has 0 saturated carbocycles. The van der Waals surface area contributed by atoms with E-state index in [2.05, 4.69) is 25.9 Å². The molecule has 1 aliphatic rings. The highest BCUT2D eigenvalue weighted by Crippen LogP contribution is 2.49. The maximum Gasteiger partial charge on any atom is 0.416 e. The molecule has 1 atom stereocenters. The van der Waals surface area contributed by atoms with Gasteiger partial charge in [-0.3, -0.25) is 4.79 Å². The minimum Gasteiger partial charge on any atom is -0.494 e. The fourth-order valence-corrected chi connectivity index (χ4v) is 4.26. The van der Waals surface area contributed by atoms with Crippen LogP contribution in [0.5, 0.6) is 5.75 Å². The fourth-order valence-electron chi connectivity index (χ4n) is 4.26. The Morgan fingerprint density at radius 2 is 1.66 bits per heavy atom. The van der Waals surface area contributed by atoms with E-state index in [0.717, 1.165) is 5.56 Å². The van der Waals surface area contributed by atoms with Gasteiger partial charge in [-0.25, -0.2) is 0 Å². The van der Waals surface area contributed by atoms with Gasteiger partial charge in [0.05, 0.1) is 12.2 Å². The summed E-state index contributed by atoms with van der Waals surface area (Å²) in [7, 11) is 0. The number of carbonyl (C=O) groups excluding carboxylic acids is 1. The number of nitrogens with one attached hydrogen (secondary N) is 2. The average molecular weight is 539 g/mol. The van der Waals surface area contributed by atoms with Crippen LogP contribution in [0.15, 0.2) is 48.5 Å². The molecule has 1 aliphatic heterocycles. The normalized spacial score (nSPS) is 18.4. The molecular formula is C25H23F6N5O2. The van der Waals surface area contributed by atoms with Gasteiger partial charge in [-0.15, -0.1) is 10.2 Å². The topological polar surface area (TPSA) is 92.8 Å². The molecule has 2 aromatic carbocycles. The third-order valence-electron chi connectivity index (χ3n) is 6.22. The minimum absolute atomic E-state index is 0.0229. The molecule has 1 amide bonds. The molecule has 1 unspecified atom stereocenters. The molecule has 0 radical (unpaired) electrons. The summed E-state index contributed by atoms with van der Waals surface area (Å²) < 4.78 is 86.5. The number of unbranched alkanes of at least 4 members (excludes halogenated alkanes) is 1. The van der Waals surface area contributed by atoms with E-state index in [1.54, 1.807) is 24.3 Å². The van der Waals surface area contributed by atoms with E-state index in [1.807, 2.05) is 6.92 Å². The van der Waals surface area contributed by atoms with Gasteiger partial charge < -0.3 is 10.1 Å². The van der Waals surface area contributed by atoms with Crippen LogP contribution in [0.3, 0.4) is 0 Å². The zero-order valence-corrected chi connectivity index (χ0v) is 20.1. The van der Waals surface area contributed by atoms with Crippen molar-refractivity contribution in [2.24, 2.45) is 0 Å². The maximum absolute atomic E-state index is 14.8.